The van der Waals surface area contributed by atoms with Crippen molar-refractivity contribution in [3.63, 3.8) is 0 Å². The Bertz CT molecular complexity index is 423. The number of aromatic nitrogens is 2. The molecular formula is C14H19N3. The third-order valence-electron chi connectivity index (χ3n) is 4.44. The van der Waals surface area contributed by atoms with Crippen LogP contribution in [0.25, 0.3) is 0 Å². The molecule has 1 aromatic heterocycles. The topological polar surface area (TPSA) is 37.8 Å². The summed E-state index contributed by atoms with van der Waals surface area (Å²) in [6.07, 6.45) is 11.0. The second-order valence-corrected chi connectivity index (χ2v) is 5.85. The molecule has 0 unspecified atom stereocenters. The third kappa shape index (κ3) is 1.81. The van der Waals surface area contributed by atoms with Gasteiger partial charge in [-0.2, -0.15) is 0 Å². The van der Waals surface area contributed by atoms with E-state index >= 15 is 0 Å². The first-order valence-corrected chi connectivity index (χ1v) is 7.01. The van der Waals surface area contributed by atoms with Crippen molar-refractivity contribution in [2.45, 2.75) is 51.0 Å². The van der Waals surface area contributed by atoms with Gasteiger partial charge >= 0.3 is 0 Å². The third-order valence-corrected chi connectivity index (χ3v) is 4.44. The Kier molecular flexibility index (Phi) is 2.14. The molecule has 3 heteroatoms. The van der Waals surface area contributed by atoms with Crippen molar-refractivity contribution in [1.29, 1.82) is 0 Å². The second kappa shape index (κ2) is 3.69. The molecule has 0 atom stereocenters. The van der Waals surface area contributed by atoms with Crippen LogP contribution in [0.2, 0.25) is 0 Å². The molecule has 1 N–H and O–H groups in total. The lowest BCUT2D eigenvalue weighted by molar-refractivity contribution is 0.564. The van der Waals surface area contributed by atoms with Gasteiger partial charge in [0.1, 0.15) is 12.1 Å². The van der Waals surface area contributed by atoms with Crippen LogP contribution in [0.15, 0.2) is 6.33 Å². The van der Waals surface area contributed by atoms with Gasteiger partial charge in [-0.3, -0.25) is 0 Å². The number of fused-ring (bicyclic) bond motifs is 1. The Morgan fingerprint density at radius 3 is 2.53 bits per heavy atom. The van der Waals surface area contributed by atoms with Gasteiger partial charge < -0.3 is 5.32 Å². The van der Waals surface area contributed by atoms with E-state index in [1.165, 1.54) is 49.8 Å². The van der Waals surface area contributed by atoms with Crippen molar-refractivity contribution in [2.75, 3.05) is 5.32 Å². The van der Waals surface area contributed by atoms with Gasteiger partial charge in [0.25, 0.3) is 0 Å². The van der Waals surface area contributed by atoms with Gasteiger partial charge in [-0.1, -0.05) is 0 Å². The molecule has 4 rings (SSSR count). The summed E-state index contributed by atoms with van der Waals surface area (Å²) >= 11 is 0. The second-order valence-electron chi connectivity index (χ2n) is 5.85. The number of hydrogen-bond acceptors (Lipinski definition) is 3. The molecule has 0 saturated heterocycles. The fourth-order valence-corrected chi connectivity index (χ4v) is 3.17. The monoisotopic (exact) mass is 229 g/mol. The molecule has 3 nitrogen and oxygen atoms in total. The number of rotatable bonds is 4. The first-order valence-electron chi connectivity index (χ1n) is 7.01. The number of nitrogens with one attached hydrogen (secondary N) is 1. The van der Waals surface area contributed by atoms with Crippen molar-refractivity contribution in [1.82, 2.24) is 9.97 Å². The van der Waals surface area contributed by atoms with Crippen molar-refractivity contribution in [2.24, 2.45) is 11.8 Å². The van der Waals surface area contributed by atoms with Gasteiger partial charge in [0.05, 0.1) is 0 Å². The highest BCUT2D eigenvalue weighted by atomic mass is 15.1. The van der Waals surface area contributed by atoms with Crippen molar-refractivity contribution >= 4 is 5.82 Å². The Morgan fingerprint density at radius 2 is 1.82 bits per heavy atom. The maximum absolute atomic E-state index is 4.49. The van der Waals surface area contributed by atoms with E-state index in [1.807, 2.05) is 0 Å². The molecule has 1 aromatic rings. The van der Waals surface area contributed by atoms with Crippen LogP contribution in [0.4, 0.5) is 5.82 Å². The summed E-state index contributed by atoms with van der Waals surface area (Å²) in [6.45, 7) is 0. The van der Waals surface area contributed by atoms with E-state index in [1.54, 1.807) is 6.33 Å². The van der Waals surface area contributed by atoms with Crippen molar-refractivity contribution < 1.29 is 0 Å². The number of anilines is 1. The Morgan fingerprint density at radius 1 is 1.06 bits per heavy atom. The molecule has 3 aliphatic carbocycles. The standard InChI is InChI=1S/C14H19N3/c1-2-11-12(3-1)15-8-16-14(11)17-13(9-4-5-9)10-6-7-10/h8-10,13H,1-7H2,(H,15,16,17). The lowest BCUT2D eigenvalue weighted by atomic mass is 10.1. The molecule has 0 amide bonds. The van der Waals surface area contributed by atoms with Crippen LogP contribution in [0.5, 0.6) is 0 Å². The summed E-state index contributed by atoms with van der Waals surface area (Å²) in [6, 6.07) is 0.703. The van der Waals surface area contributed by atoms with E-state index in [-0.39, 0.29) is 0 Å². The Balaban J connectivity index is 1.59. The van der Waals surface area contributed by atoms with E-state index in [0.29, 0.717) is 6.04 Å². The number of nitrogens with zero attached hydrogens (tertiary/aromatic N) is 2. The van der Waals surface area contributed by atoms with Gasteiger partial charge in [0, 0.05) is 17.3 Å². The molecule has 0 bridgehead atoms. The molecule has 0 spiro atoms. The van der Waals surface area contributed by atoms with E-state index in [0.717, 1.165) is 24.1 Å². The van der Waals surface area contributed by atoms with Crippen LogP contribution in [0.3, 0.4) is 0 Å². The molecule has 0 aliphatic heterocycles. The van der Waals surface area contributed by atoms with Gasteiger partial charge in [0.15, 0.2) is 0 Å². The zero-order chi connectivity index (χ0) is 11.2. The van der Waals surface area contributed by atoms with Crippen LogP contribution in [0.1, 0.15) is 43.4 Å². The van der Waals surface area contributed by atoms with E-state index in [4.69, 9.17) is 0 Å². The van der Waals surface area contributed by atoms with E-state index in [2.05, 4.69) is 15.3 Å². The maximum atomic E-state index is 4.49. The zero-order valence-corrected chi connectivity index (χ0v) is 10.2. The summed E-state index contributed by atoms with van der Waals surface area (Å²) in [5, 5.41) is 3.75. The highest BCUT2D eigenvalue weighted by Crippen LogP contribution is 2.46. The molecule has 90 valence electrons. The van der Waals surface area contributed by atoms with Gasteiger partial charge in [-0.25, -0.2) is 9.97 Å². The maximum Gasteiger partial charge on any atom is 0.133 e. The summed E-state index contributed by atoms with van der Waals surface area (Å²) in [7, 11) is 0. The number of aryl methyl sites for hydroxylation is 1. The molecule has 2 fully saturated rings. The predicted molar refractivity (Wildman–Crippen MR) is 66.9 cm³/mol. The van der Waals surface area contributed by atoms with Crippen molar-refractivity contribution in [3.8, 4) is 0 Å². The van der Waals surface area contributed by atoms with Crippen LogP contribution in [-0.4, -0.2) is 16.0 Å². The molecule has 3 aliphatic rings. The first-order chi connectivity index (χ1) is 8.42. The molecule has 1 heterocycles. The average molecular weight is 229 g/mol. The van der Waals surface area contributed by atoms with Crippen LogP contribution in [0, 0.1) is 11.8 Å². The lowest BCUT2D eigenvalue weighted by Crippen LogP contribution is -2.25. The first kappa shape index (κ1) is 9.86. The SMILES string of the molecule is c1nc2c(c(NC(C3CC3)C3CC3)n1)CCC2. The largest absolute Gasteiger partial charge is 0.366 e. The summed E-state index contributed by atoms with van der Waals surface area (Å²) in [4.78, 5) is 8.89. The van der Waals surface area contributed by atoms with Gasteiger partial charge in [-0.15, -0.1) is 0 Å². The number of hydrogen-bond donors (Lipinski definition) is 1. The highest BCUT2D eigenvalue weighted by molar-refractivity contribution is 5.49. The van der Waals surface area contributed by atoms with Crippen LogP contribution < -0.4 is 5.32 Å². The lowest BCUT2D eigenvalue weighted by Gasteiger charge is -2.19. The Hall–Kier alpha value is -1.12. The predicted octanol–water partition coefficient (Wildman–Crippen LogP) is 2.57. The summed E-state index contributed by atoms with van der Waals surface area (Å²) in [5.41, 5.74) is 2.69. The molecule has 0 aromatic carbocycles. The smallest absolute Gasteiger partial charge is 0.133 e. The van der Waals surface area contributed by atoms with Gasteiger partial charge in [-0.05, 0) is 56.8 Å². The van der Waals surface area contributed by atoms with Crippen LogP contribution in [-0.2, 0) is 12.8 Å². The summed E-state index contributed by atoms with van der Waals surface area (Å²) in [5.74, 6) is 3.00. The quantitative estimate of drug-likeness (QED) is 0.862. The zero-order valence-electron chi connectivity index (χ0n) is 10.2. The average Bonchev–Trinajstić information content (AvgIpc) is 3.25. The highest BCUT2D eigenvalue weighted by Gasteiger charge is 2.42. The van der Waals surface area contributed by atoms with Crippen molar-refractivity contribution in [3.05, 3.63) is 17.6 Å². The minimum Gasteiger partial charge on any atom is -0.366 e. The minimum atomic E-state index is 0.703. The summed E-state index contributed by atoms with van der Waals surface area (Å²) < 4.78 is 0. The van der Waals surface area contributed by atoms with E-state index in [9.17, 15) is 0 Å². The minimum absolute atomic E-state index is 0.703. The molecule has 2 saturated carbocycles. The normalized spacial score (nSPS) is 22.9. The fraction of sp³-hybridized carbons (Fsp3) is 0.714. The Labute approximate surface area is 102 Å². The molecular weight excluding hydrogens is 210 g/mol. The fourth-order valence-electron chi connectivity index (χ4n) is 3.17. The van der Waals surface area contributed by atoms with E-state index < -0.39 is 0 Å². The molecule has 17 heavy (non-hydrogen) atoms. The van der Waals surface area contributed by atoms with Crippen LogP contribution >= 0.6 is 0 Å². The van der Waals surface area contributed by atoms with Gasteiger partial charge in [0.2, 0.25) is 0 Å². The molecule has 0 radical (unpaired) electrons.